The molecule has 2 heteroatoms. The van der Waals surface area contributed by atoms with Gasteiger partial charge in [0.1, 0.15) is 0 Å². The average Bonchev–Trinajstić information content (AvgIpc) is 1.85. The maximum Gasteiger partial charge on any atom is 0.0817 e. The highest BCUT2D eigenvalue weighted by Gasteiger charge is 2.35. The Morgan fingerprint density at radius 3 is 2.00 bits per heavy atom. The van der Waals surface area contributed by atoms with Crippen LogP contribution in [0.2, 0.25) is 19.6 Å². The smallest absolute Gasteiger partial charge is 0.0817 e. The molecule has 0 aliphatic heterocycles. The molecule has 0 N–H and O–H groups in total. The molecule has 0 spiro atoms. The minimum Gasteiger partial charge on any atom is -0.379 e. The van der Waals surface area contributed by atoms with Crippen LogP contribution in [-0.4, -0.2) is 19.9 Å². The fourth-order valence-electron chi connectivity index (χ4n) is 0.688. The first-order valence-electron chi connectivity index (χ1n) is 4.95. The van der Waals surface area contributed by atoms with Crippen molar-refractivity contribution in [1.82, 2.24) is 0 Å². The Morgan fingerprint density at radius 1 is 1.17 bits per heavy atom. The third kappa shape index (κ3) is 3.72. The highest BCUT2D eigenvalue weighted by Crippen LogP contribution is 2.23. The number of hydrogen-bond donors (Lipinski definition) is 0. The zero-order chi connectivity index (χ0) is 9.83. The van der Waals surface area contributed by atoms with Gasteiger partial charge in [-0.05, 0) is 20.3 Å². The molecule has 0 saturated carbocycles. The zero-order valence-electron chi connectivity index (χ0n) is 9.53. The molecule has 0 aromatic heterocycles. The van der Waals surface area contributed by atoms with E-state index in [-0.39, 0.29) is 5.22 Å². The summed E-state index contributed by atoms with van der Waals surface area (Å²) in [4.78, 5) is 0. The largest absolute Gasteiger partial charge is 0.379 e. The number of unbranched alkanes of at least 4 members (excludes halogenated alkanes) is 1. The molecule has 0 bridgehead atoms. The van der Waals surface area contributed by atoms with E-state index in [0.29, 0.717) is 0 Å². The summed E-state index contributed by atoms with van der Waals surface area (Å²) in [5.74, 6) is 0. The Labute approximate surface area is 78.5 Å². The van der Waals surface area contributed by atoms with Crippen LogP contribution in [-0.2, 0) is 4.74 Å². The molecular weight excluding hydrogens is 164 g/mol. The van der Waals surface area contributed by atoms with Gasteiger partial charge >= 0.3 is 0 Å². The Morgan fingerprint density at radius 2 is 1.67 bits per heavy atom. The zero-order valence-corrected chi connectivity index (χ0v) is 10.5. The molecule has 0 fully saturated rings. The van der Waals surface area contributed by atoms with E-state index >= 15 is 0 Å². The van der Waals surface area contributed by atoms with Crippen molar-refractivity contribution in [3.8, 4) is 0 Å². The van der Waals surface area contributed by atoms with Crippen LogP contribution in [0.25, 0.3) is 0 Å². The van der Waals surface area contributed by atoms with Crippen molar-refractivity contribution in [2.75, 3.05) is 6.61 Å². The Kier molecular flexibility index (Phi) is 4.49. The van der Waals surface area contributed by atoms with Crippen LogP contribution < -0.4 is 0 Å². The lowest BCUT2D eigenvalue weighted by atomic mass is 10.3. The molecule has 0 aliphatic rings. The van der Waals surface area contributed by atoms with Gasteiger partial charge in [0.15, 0.2) is 0 Å². The van der Waals surface area contributed by atoms with Gasteiger partial charge in [-0.3, -0.25) is 0 Å². The van der Waals surface area contributed by atoms with Crippen molar-refractivity contribution in [3.05, 3.63) is 0 Å². The van der Waals surface area contributed by atoms with Gasteiger partial charge in [0.2, 0.25) is 0 Å². The normalized spacial score (nSPS) is 13.5. The molecule has 12 heavy (non-hydrogen) atoms. The van der Waals surface area contributed by atoms with Crippen molar-refractivity contribution in [2.45, 2.75) is 58.5 Å². The van der Waals surface area contributed by atoms with Crippen molar-refractivity contribution in [2.24, 2.45) is 0 Å². The summed E-state index contributed by atoms with van der Waals surface area (Å²) in [5.41, 5.74) is 0. The molecule has 1 nitrogen and oxygen atoms in total. The molecule has 0 heterocycles. The second kappa shape index (κ2) is 4.42. The summed E-state index contributed by atoms with van der Waals surface area (Å²) < 4.78 is 5.90. The van der Waals surface area contributed by atoms with E-state index in [1.807, 2.05) is 0 Å². The molecule has 0 aliphatic carbocycles. The standard InChI is InChI=1S/C10H24OSi/c1-7-8-9-11-10(2,3)12(4,5)6/h7-9H2,1-6H3. The first-order chi connectivity index (χ1) is 5.31. The molecule has 0 saturated heterocycles. The molecule has 0 atom stereocenters. The lowest BCUT2D eigenvalue weighted by molar-refractivity contribution is 0.0352. The van der Waals surface area contributed by atoms with Gasteiger partial charge in [0.05, 0.1) is 13.3 Å². The predicted molar refractivity (Wildman–Crippen MR) is 58.3 cm³/mol. The Bertz CT molecular complexity index is 124. The van der Waals surface area contributed by atoms with E-state index in [4.69, 9.17) is 4.74 Å². The topological polar surface area (TPSA) is 9.23 Å². The Hall–Kier alpha value is 0.177. The van der Waals surface area contributed by atoms with Crippen molar-refractivity contribution in [1.29, 1.82) is 0 Å². The van der Waals surface area contributed by atoms with Crippen LogP contribution in [0.4, 0.5) is 0 Å². The maximum absolute atomic E-state index is 5.90. The van der Waals surface area contributed by atoms with Crippen molar-refractivity contribution in [3.63, 3.8) is 0 Å². The lowest BCUT2D eigenvalue weighted by Crippen LogP contribution is -2.49. The minimum atomic E-state index is -1.16. The maximum atomic E-state index is 5.90. The molecule has 0 aromatic rings. The van der Waals surface area contributed by atoms with Gasteiger partial charge in [-0.25, -0.2) is 0 Å². The molecule has 0 aromatic carbocycles. The first kappa shape index (κ1) is 12.2. The molecular formula is C10H24OSi. The van der Waals surface area contributed by atoms with Crippen molar-refractivity contribution >= 4 is 8.07 Å². The summed E-state index contributed by atoms with van der Waals surface area (Å²) in [7, 11) is -1.16. The quantitative estimate of drug-likeness (QED) is 0.474. The summed E-state index contributed by atoms with van der Waals surface area (Å²) in [6.07, 6.45) is 2.41. The average molecular weight is 188 g/mol. The van der Waals surface area contributed by atoms with Crippen LogP contribution in [0.1, 0.15) is 33.6 Å². The third-order valence-electron chi connectivity index (χ3n) is 2.77. The second-order valence-electron chi connectivity index (χ2n) is 4.96. The highest BCUT2D eigenvalue weighted by atomic mass is 28.3. The van der Waals surface area contributed by atoms with Gasteiger partial charge < -0.3 is 4.74 Å². The first-order valence-corrected chi connectivity index (χ1v) is 8.45. The molecule has 0 unspecified atom stereocenters. The monoisotopic (exact) mass is 188 g/mol. The van der Waals surface area contributed by atoms with Crippen LogP contribution in [0, 0.1) is 0 Å². The summed E-state index contributed by atoms with van der Waals surface area (Å²) in [5, 5.41) is 0.127. The number of ether oxygens (including phenoxy) is 1. The Balaban J connectivity index is 3.88. The van der Waals surface area contributed by atoms with Crippen LogP contribution >= 0.6 is 0 Å². The van der Waals surface area contributed by atoms with Crippen LogP contribution in [0.15, 0.2) is 0 Å². The van der Waals surface area contributed by atoms with Gasteiger partial charge in [-0.1, -0.05) is 33.0 Å². The lowest BCUT2D eigenvalue weighted by Gasteiger charge is -2.37. The second-order valence-corrected chi connectivity index (χ2v) is 10.7. The fraction of sp³-hybridized carbons (Fsp3) is 1.00. The summed E-state index contributed by atoms with van der Waals surface area (Å²) in [6, 6.07) is 0. The number of hydrogen-bond acceptors (Lipinski definition) is 1. The molecule has 74 valence electrons. The summed E-state index contributed by atoms with van der Waals surface area (Å²) in [6.45, 7) is 14.7. The van der Waals surface area contributed by atoms with E-state index in [9.17, 15) is 0 Å². The minimum absolute atomic E-state index is 0.127. The molecule has 0 rings (SSSR count). The van der Waals surface area contributed by atoms with E-state index in [2.05, 4.69) is 40.4 Å². The van der Waals surface area contributed by atoms with E-state index in [0.717, 1.165) is 6.61 Å². The fourth-order valence-corrected chi connectivity index (χ4v) is 1.22. The van der Waals surface area contributed by atoms with Crippen LogP contribution in [0.3, 0.4) is 0 Å². The SMILES string of the molecule is CCCCOC(C)(C)[Si](C)(C)C. The van der Waals surface area contributed by atoms with Crippen LogP contribution in [0.5, 0.6) is 0 Å². The highest BCUT2D eigenvalue weighted by molar-refractivity contribution is 6.78. The van der Waals surface area contributed by atoms with E-state index in [1.165, 1.54) is 12.8 Å². The van der Waals surface area contributed by atoms with E-state index in [1.54, 1.807) is 0 Å². The van der Waals surface area contributed by atoms with E-state index < -0.39 is 8.07 Å². The van der Waals surface area contributed by atoms with Gasteiger partial charge in [-0.2, -0.15) is 0 Å². The van der Waals surface area contributed by atoms with Gasteiger partial charge in [0.25, 0.3) is 0 Å². The van der Waals surface area contributed by atoms with Gasteiger partial charge in [-0.15, -0.1) is 0 Å². The van der Waals surface area contributed by atoms with Gasteiger partial charge in [0, 0.05) is 6.61 Å². The van der Waals surface area contributed by atoms with Crippen molar-refractivity contribution < 1.29 is 4.74 Å². The summed E-state index contributed by atoms with van der Waals surface area (Å²) >= 11 is 0. The molecule has 0 amide bonds. The third-order valence-corrected chi connectivity index (χ3v) is 6.52. The number of rotatable bonds is 5. The predicted octanol–water partition coefficient (Wildman–Crippen LogP) is 3.46. The molecule has 0 radical (unpaired) electrons.